The molecule has 0 aliphatic heterocycles. The van der Waals surface area contributed by atoms with E-state index in [1.54, 1.807) is 52.0 Å². The molecule has 0 saturated heterocycles. The van der Waals surface area contributed by atoms with E-state index in [0.717, 1.165) is 11.1 Å². The molecule has 0 spiro atoms. The maximum Gasteiger partial charge on any atom is 0.279 e. The van der Waals surface area contributed by atoms with Crippen LogP contribution in [0.5, 0.6) is 0 Å². The largest absolute Gasteiger partial charge is 0.279 e. The molecule has 0 bridgehead atoms. The van der Waals surface area contributed by atoms with Gasteiger partial charge >= 0.3 is 0 Å². The van der Waals surface area contributed by atoms with Crippen LogP contribution < -0.4 is 9.44 Å². The smallest absolute Gasteiger partial charge is 0.198 e. The van der Waals surface area contributed by atoms with Gasteiger partial charge in [-0.05, 0) is 11.1 Å². The summed E-state index contributed by atoms with van der Waals surface area (Å²) in [5.41, 5.74) is 1.60. The summed E-state index contributed by atoms with van der Waals surface area (Å²) in [7, 11) is -6.98. The highest BCUT2D eigenvalue weighted by Crippen LogP contribution is 2.07. The predicted molar refractivity (Wildman–Crippen MR) is 104 cm³/mol. The van der Waals surface area contributed by atoms with Gasteiger partial charge in [-0.15, -0.1) is 0 Å². The highest BCUT2D eigenvalue weighted by molar-refractivity contribution is 7.87. The first-order chi connectivity index (χ1) is 12.2. The van der Waals surface area contributed by atoms with E-state index in [0.29, 0.717) is 26.2 Å². The second-order valence-electron chi connectivity index (χ2n) is 5.64. The summed E-state index contributed by atoms with van der Waals surface area (Å²) >= 11 is 0. The first-order valence-electron chi connectivity index (χ1n) is 8.77. The lowest BCUT2D eigenvalue weighted by Crippen LogP contribution is -2.40. The number of hydrogen-bond donors (Lipinski definition) is 2. The van der Waals surface area contributed by atoms with Crippen LogP contribution >= 0.6 is 0 Å². The molecule has 2 N–H and O–H groups in total. The van der Waals surface area contributed by atoms with Crippen LogP contribution in [0.3, 0.4) is 0 Å². The second-order valence-corrected chi connectivity index (χ2v) is 9.15. The molecule has 0 amide bonds. The normalized spacial score (nSPS) is 12.8. The maximum absolute atomic E-state index is 12.1. The van der Waals surface area contributed by atoms with Gasteiger partial charge in [0.25, 0.3) is 20.4 Å². The summed E-state index contributed by atoms with van der Waals surface area (Å²) in [6.07, 6.45) is 0. The van der Waals surface area contributed by atoms with Crippen LogP contribution in [0.25, 0.3) is 0 Å². The average Bonchev–Trinajstić information content (AvgIpc) is 2.61. The lowest BCUT2D eigenvalue weighted by atomic mass is 10.1. The molecule has 1 aromatic rings. The van der Waals surface area contributed by atoms with Crippen LogP contribution in [-0.4, -0.2) is 51.6 Å². The summed E-state index contributed by atoms with van der Waals surface area (Å²) in [5, 5.41) is 0. The monoisotopic (exact) mass is 406 g/mol. The molecule has 1 rings (SSSR count). The predicted octanol–water partition coefficient (Wildman–Crippen LogP) is 1.04. The first-order valence-corrected chi connectivity index (χ1v) is 11.6. The molecule has 10 heteroatoms. The molecule has 0 unspecified atom stereocenters. The summed E-state index contributed by atoms with van der Waals surface area (Å²) < 4.78 is 56.2. The van der Waals surface area contributed by atoms with E-state index in [1.165, 1.54) is 8.61 Å². The van der Waals surface area contributed by atoms with Crippen molar-refractivity contribution in [3.8, 4) is 0 Å². The van der Waals surface area contributed by atoms with Crippen molar-refractivity contribution >= 4 is 20.4 Å². The molecule has 0 aliphatic carbocycles. The minimum absolute atomic E-state index is 0.185. The zero-order valence-corrected chi connectivity index (χ0v) is 17.5. The van der Waals surface area contributed by atoms with E-state index in [4.69, 9.17) is 0 Å². The third kappa shape index (κ3) is 6.60. The Morgan fingerprint density at radius 3 is 1.15 bits per heavy atom. The van der Waals surface area contributed by atoms with E-state index in [9.17, 15) is 16.8 Å². The highest BCUT2D eigenvalue weighted by atomic mass is 32.2. The fourth-order valence-electron chi connectivity index (χ4n) is 2.43. The topological polar surface area (TPSA) is 98.8 Å². The third-order valence-corrected chi connectivity index (χ3v) is 7.44. The molecule has 0 heterocycles. The van der Waals surface area contributed by atoms with Crippen LogP contribution in [0.1, 0.15) is 38.8 Å². The third-order valence-electron chi connectivity index (χ3n) is 4.03. The van der Waals surface area contributed by atoms with E-state index < -0.39 is 20.4 Å². The Balaban J connectivity index is 2.64. The van der Waals surface area contributed by atoms with Crippen molar-refractivity contribution in [1.82, 2.24) is 18.1 Å². The first kappa shape index (κ1) is 23.0. The molecule has 0 aliphatic rings. The van der Waals surface area contributed by atoms with Crippen molar-refractivity contribution in [1.29, 1.82) is 0 Å². The van der Waals surface area contributed by atoms with Crippen molar-refractivity contribution in [2.45, 2.75) is 40.8 Å². The summed E-state index contributed by atoms with van der Waals surface area (Å²) in [4.78, 5) is 0. The molecule has 0 atom stereocenters. The average molecular weight is 407 g/mol. The SMILES string of the molecule is CCN(CC)S(=O)(=O)NCc1ccc(CNS(=O)(=O)N(CC)CC)cc1. The Kier molecular flexibility index (Phi) is 9.14. The highest BCUT2D eigenvalue weighted by Gasteiger charge is 2.18. The van der Waals surface area contributed by atoms with Gasteiger partial charge in [-0.25, -0.2) is 0 Å². The van der Waals surface area contributed by atoms with Gasteiger partial charge in [0.1, 0.15) is 0 Å². The van der Waals surface area contributed by atoms with E-state index in [2.05, 4.69) is 9.44 Å². The molecule has 150 valence electrons. The van der Waals surface area contributed by atoms with Gasteiger partial charge in [0.2, 0.25) is 0 Å². The van der Waals surface area contributed by atoms with Gasteiger partial charge in [0, 0.05) is 39.3 Å². The zero-order chi connectivity index (χ0) is 19.8. The Labute approximate surface area is 157 Å². The van der Waals surface area contributed by atoms with Crippen LogP contribution in [0.2, 0.25) is 0 Å². The number of rotatable bonds is 12. The van der Waals surface area contributed by atoms with Gasteiger partial charge in [-0.3, -0.25) is 0 Å². The van der Waals surface area contributed by atoms with E-state index in [-0.39, 0.29) is 13.1 Å². The fourth-order valence-corrected chi connectivity index (χ4v) is 4.86. The Morgan fingerprint density at radius 1 is 0.654 bits per heavy atom. The van der Waals surface area contributed by atoms with Gasteiger partial charge in [0.05, 0.1) is 0 Å². The molecule has 26 heavy (non-hydrogen) atoms. The molecule has 1 aromatic carbocycles. The maximum atomic E-state index is 12.1. The van der Waals surface area contributed by atoms with Crippen LogP contribution in [-0.2, 0) is 33.5 Å². The molecule has 0 aromatic heterocycles. The number of nitrogens with one attached hydrogen (secondary N) is 2. The van der Waals surface area contributed by atoms with Gasteiger partial charge in [-0.2, -0.15) is 34.9 Å². The van der Waals surface area contributed by atoms with Crippen LogP contribution in [0.4, 0.5) is 0 Å². The van der Waals surface area contributed by atoms with Crippen LogP contribution in [0, 0.1) is 0 Å². The fraction of sp³-hybridized carbons (Fsp3) is 0.625. The minimum Gasteiger partial charge on any atom is -0.198 e. The lowest BCUT2D eigenvalue weighted by molar-refractivity contribution is 0.433. The molecule has 0 saturated carbocycles. The molecule has 8 nitrogen and oxygen atoms in total. The molecule has 0 fully saturated rings. The standard InChI is InChI=1S/C16H30N4O4S2/c1-5-19(6-2)25(21,22)17-13-15-9-11-16(12-10-15)14-18-26(23,24)20(7-3)8-4/h9-12,17-18H,5-8,13-14H2,1-4H3. The van der Waals surface area contributed by atoms with E-state index in [1.807, 2.05) is 0 Å². The minimum atomic E-state index is -3.49. The Bertz CT molecular complexity index is 676. The zero-order valence-electron chi connectivity index (χ0n) is 15.9. The number of hydrogen-bond acceptors (Lipinski definition) is 4. The number of benzene rings is 1. The molecular weight excluding hydrogens is 376 g/mol. The van der Waals surface area contributed by atoms with E-state index >= 15 is 0 Å². The van der Waals surface area contributed by atoms with Gasteiger partial charge < -0.3 is 0 Å². The quantitative estimate of drug-likeness (QED) is 0.542. The Hall–Kier alpha value is -1.04. The summed E-state index contributed by atoms with van der Waals surface area (Å²) in [6.45, 7) is 9.18. The van der Waals surface area contributed by atoms with Crippen molar-refractivity contribution < 1.29 is 16.8 Å². The summed E-state index contributed by atoms with van der Waals surface area (Å²) in [5.74, 6) is 0. The molecule has 0 radical (unpaired) electrons. The summed E-state index contributed by atoms with van der Waals surface area (Å²) in [6, 6.07) is 7.13. The van der Waals surface area contributed by atoms with Gasteiger partial charge in [-0.1, -0.05) is 52.0 Å². The van der Waals surface area contributed by atoms with Crippen molar-refractivity contribution in [2.75, 3.05) is 26.2 Å². The van der Waals surface area contributed by atoms with Gasteiger partial charge in [0.15, 0.2) is 0 Å². The Morgan fingerprint density at radius 2 is 0.923 bits per heavy atom. The van der Waals surface area contributed by atoms with Crippen molar-refractivity contribution in [2.24, 2.45) is 0 Å². The molecular formula is C16H30N4O4S2. The lowest BCUT2D eigenvalue weighted by Gasteiger charge is -2.19. The van der Waals surface area contributed by atoms with Crippen LogP contribution in [0.15, 0.2) is 24.3 Å². The van der Waals surface area contributed by atoms with Crippen molar-refractivity contribution in [3.63, 3.8) is 0 Å². The van der Waals surface area contributed by atoms with Crippen molar-refractivity contribution in [3.05, 3.63) is 35.4 Å². The second kappa shape index (κ2) is 10.3. The number of nitrogens with zero attached hydrogens (tertiary/aromatic N) is 2.